The van der Waals surface area contributed by atoms with E-state index in [0.29, 0.717) is 11.1 Å². The van der Waals surface area contributed by atoms with Crippen LogP contribution in [0.2, 0.25) is 0 Å². The van der Waals surface area contributed by atoms with Gasteiger partial charge in [0.25, 0.3) is 18.5 Å². The first kappa shape index (κ1) is 12.4. The van der Waals surface area contributed by atoms with E-state index in [1.54, 1.807) is 24.3 Å². The lowest BCUT2D eigenvalue weighted by atomic mass is 10.1. The Labute approximate surface area is 104 Å². The lowest BCUT2D eigenvalue weighted by Gasteiger charge is -2.25. The van der Waals surface area contributed by atoms with Gasteiger partial charge >= 0.3 is 0 Å². The molecule has 0 saturated carbocycles. The van der Waals surface area contributed by atoms with Gasteiger partial charge in [0.05, 0.1) is 11.1 Å². The molecule has 0 saturated heterocycles. The monoisotopic (exact) mass is 271 g/mol. The van der Waals surface area contributed by atoms with Crippen molar-refractivity contribution < 1.29 is 18.6 Å². The third-order valence-electron chi connectivity index (χ3n) is 2.48. The van der Waals surface area contributed by atoms with Crippen LogP contribution in [0.25, 0.3) is 0 Å². The van der Waals surface area contributed by atoms with E-state index in [9.17, 15) is 9.59 Å². The van der Waals surface area contributed by atoms with Crippen molar-refractivity contribution >= 4 is 30.3 Å². The summed E-state index contributed by atoms with van der Waals surface area (Å²) in [6.45, 7) is -3.06. The molecule has 1 aromatic rings. The molecule has 0 unspecified atom stereocenters. The minimum atomic E-state index is -3.06. The van der Waals surface area contributed by atoms with Crippen molar-refractivity contribution in [3.8, 4) is 0 Å². The van der Waals surface area contributed by atoms with Crippen molar-refractivity contribution in [1.29, 1.82) is 0 Å². The van der Waals surface area contributed by atoms with Crippen molar-refractivity contribution in [2.24, 2.45) is 0 Å². The molecule has 0 radical (unpaired) electrons. The van der Waals surface area contributed by atoms with Gasteiger partial charge in [0.1, 0.15) is 0 Å². The molecule has 7 heteroatoms. The molecule has 1 aliphatic heterocycles. The molecule has 1 aromatic carbocycles. The van der Waals surface area contributed by atoms with Crippen molar-refractivity contribution in [1.82, 2.24) is 4.67 Å². The lowest BCUT2D eigenvalue weighted by Crippen LogP contribution is -2.27. The van der Waals surface area contributed by atoms with E-state index in [-0.39, 0.29) is 0 Å². The molecule has 5 nitrogen and oxygen atoms in total. The molecule has 0 fully saturated rings. The third-order valence-corrected chi connectivity index (χ3v) is 5.64. The Morgan fingerprint density at radius 1 is 1.06 bits per heavy atom. The first-order chi connectivity index (χ1) is 8.05. The van der Waals surface area contributed by atoms with Gasteiger partial charge in [0, 0.05) is 14.2 Å². The van der Waals surface area contributed by atoms with Gasteiger partial charge in [-0.3, -0.25) is 9.59 Å². The van der Waals surface area contributed by atoms with Crippen LogP contribution in [0.4, 0.5) is 0 Å². The largest absolute Gasteiger partial charge is 0.317 e. The van der Waals surface area contributed by atoms with E-state index >= 15 is 0 Å². The molecule has 0 aliphatic carbocycles. The van der Waals surface area contributed by atoms with Gasteiger partial charge in [0.15, 0.2) is 0 Å². The minimum absolute atomic E-state index is 0.334. The maximum atomic E-state index is 12.1. The summed E-state index contributed by atoms with van der Waals surface area (Å²) in [7, 11) is 2.65. The summed E-state index contributed by atoms with van der Waals surface area (Å²) < 4.78 is 11.0. The highest BCUT2D eigenvalue weighted by atomic mass is 32.5. The van der Waals surface area contributed by atoms with E-state index in [1.165, 1.54) is 14.2 Å². The number of imide groups is 1. The Kier molecular flexibility index (Phi) is 3.14. The summed E-state index contributed by atoms with van der Waals surface area (Å²) in [6.07, 6.45) is 0. The topological polar surface area (TPSA) is 55.8 Å². The van der Waals surface area contributed by atoms with Gasteiger partial charge in [-0.25, -0.2) is 0 Å². The molecule has 0 atom stereocenters. The van der Waals surface area contributed by atoms with Crippen LogP contribution in [0.15, 0.2) is 24.3 Å². The molecule has 1 aliphatic rings. The molecule has 17 heavy (non-hydrogen) atoms. The average molecular weight is 271 g/mol. The Bertz CT molecular complexity index is 502. The first-order valence-corrected chi connectivity index (χ1v) is 7.34. The molecule has 0 N–H and O–H groups in total. The predicted octanol–water partition coefficient (Wildman–Crippen LogP) is 1.80. The summed E-state index contributed by atoms with van der Waals surface area (Å²) in [6, 6.07) is 6.55. The Morgan fingerprint density at radius 3 is 1.82 bits per heavy atom. The van der Waals surface area contributed by atoms with Crippen molar-refractivity contribution in [2.75, 3.05) is 14.2 Å². The zero-order valence-corrected chi connectivity index (χ0v) is 11.0. The molecular weight excluding hydrogens is 261 g/mol. The first-order valence-electron chi connectivity index (χ1n) is 4.75. The molecule has 2 amide bonds. The number of nitrogens with zero attached hydrogens (tertiary/aromatic N) is 1. The zero-order chi connectivity index (χ0) is 12.6. The molecule has 90 valence electrons. The molecule has 0 aromatic heterocycles. The van der Waals surface area contributed by atoms with Crippen molar-refractivity contribution in [3.63, 3.8) is 0 Å². The second-order valence-corrected chi connectivity index (χ2v) is 6.75. The smallest absolute Gasteiger partial charge is 0.299 e. The van der Waals surface area contributed by atoms with E-state index in [0.717, 1.165) is 4.67 Å². The summed E-state index contributed by atoms with van der Waals surface area (Å²) in [5, 5.41) is 0. The minimum Gasteiger partial charge on any atom is -0.317 e. The Morgan fingerprint density at radius 2 is 1.47 bits per heavy atom. The number of rotatable bonds is 3. The Balaban J connectivity index is 2.54. The number of amides is 2. The predicted molar refractivity (Wildman–Crippen MR) is 65.2 cm³/mol. The maximum absolute atomic E-state index is 12.1. The van der Waals surface area contributed by atoms with Crippen molar-refractivity contribution in [3.05, 3.63) is 35.4 Å². The van der Waals surface area contributed by atoms with E-state index < -0.39 is 18.5 Å². The second-order valence-electron chi connectivity index (χ2n) is 3.30. The quantitative estimate of drug-likeness (QED) is 0.619. The normalized spacial score (nSPS) is 15.3. The van der Waals surface area contributed by atoms with Gasteiger partial charge < -0.3 is 9.05 Å². The van der Waals surface area contributed by atoms with Crippen LogP contribution in [-0.2, 0) is 20.9 Å². The molecule has 1 heterocycles. The van der Waals surface area contributed by atoms with Crippen LogP contribution in [0, 0.1) is 0 Å². The van der Waals surface area contributed by atoms with Crippen molar-refractivity contribution in [2.45, 2.75) is 0 Å². The highest BCUT2D eigenvalue weighted by Crippen LogP contribution is 2.54. The van der Waals surface area contributed by atoms with Gasteiger partial charge in [-0.2, -0.15) is 4.67 Å². The van der Waals surface area contributed by atoms with Crippen LogP contribution >= 0.6 is 6.64 Å². The highest BCUT2D eigenvalue weighted by molar-refractivity contribution is 8.09. The lowest BCUT2D eigenvalue weighted by molar-refractivity contribution is 0.0735. The van der Waals surface area contributed by atoms with Crippen LogP contribution in [-0.4, -0.2) is 30.7 Å². The molecule has 0 bridgehead atoms. The fourth-order valence-corrected chi connectivity index (χ4v) is 3.22. The standard InChI is InChI=1S/C10H10NO4PS/c1-14-16(17,15-2)11-9(12)7-5-3-4-6-8(7)10(11)13/h3-6H,1-2H3. The fraction of sp³-hybridized carbons (Fsp3) is 0.200. The van der Waals surface area contributed by atoms with Crippen LogP contribution in [0.5, 0.6) is 0 Å². The SMILES string of the molecule is COP(=S)(OC)N1C(=O)c2ccccc2C1=O. The summed E-state index contributed by atoms with van der Waals surface area (Å²) in [5.74, 6) is -0.921. The van der Waals surface area contributed by atoms with Gasteiger partial charge in [-0.05, 0) is 23.9 Å². The van der Waals surface area contributed by atoms with Gasteiger partial charge in [-0.15, -0.1) is 0 Å². The second kappa shape index (κ2) is 4.31. The molecule has 0 spiro atoms. The van der Waals surface area contributed by atoms with Crippen LogP contribution < -0.4 is 0 Å². The third kappa shape index (κ3) is 1.73. The Hall–Kier alpha value is -1.07. The number of benzene rings is 1. The number of fused-ring (bicyclic) bond motifs is 1. The van der Waals surface area contributed by atoms with E-state index in [4.69, 9.17) is 20.9 Å². The highest BCUT2D eigenvalue weighted by Gasteiger charge is 2.44. The summed E-state index contributed by atoms with van der Waals surface area (Å²) in [5.41, 5.74) is 0.668. The molecular formula is C10H10NO4PS. The maximum Gasteiger partial charge on any atom is 0.299 e. The number of carbonyl (C=O) groups is 2. The van der Waals surface area contributed by atoms with Gasteiger partial charge in [-0.1, -0.05) is 12.1 Å². The average Bonchev–Trinajstić information content (AvgIpc) is 2.62. The summed E-state index contributed by atoms with van der Waals surface area (Å²) >= 11 is 5.12. The number of hydrogen-bond donors (Lipinski definition) is 0. The molecule has 2 rings (SSSR count). The van der Waals surface area contributed by atoms with E-state index in [2.05, 4.69) is 0 Å². The number of carbonyl (C=O) groups excluding carboxylic acids is 2. The van der Waals surface area contributed by atoms with Crippen LogP contribution in [0.3, 0.4) is 0 Å². The zero-order valence-electron chi connectivity index (χ0n) is 9.25. The van der Waals surface area contributed by atoms with Gasteiger partial charge in [0.2, 0.25) is 0 Å². The van der Waals surface area contributed by atoms with Crippen LogP contribution in [0.1, 0.15) is 20.7 Å². The summed E-state index contributed by atoms with van der Waals surface area (Å²) in [4.78, 5) is 24.2. The van der Waals surface area contributed by atoms with E-state index in [1.807, 2.05) is 0 Å². The number of hydrogen-bond acceptors (Lipinski definition) is 5. The fourth-order valence-electron chi connectivity index (χ4n) is 1.64.